The molecule has 0 atom stereocenters. The lowest BCUT2D eigenvalue weighted by Crippen LogP contribution is -2.17. The van der Waals surface area contributed by atoms with E-state index in [2.05, 4.69) is 44.2 Å². The normalized spacial score (nSPS) is 11.1. The number of rotatable bonds is 11. The molecule has 0 radical (unpaired) electrons. The van der Waals surface area contributed by atoms with Crippen LogP contribution in [0.4, 0.5) is 10.1 Å². The summed E-state index contributed by atoms with van der Waals surface area (Å²) in [7, 11) is 0. The average molecular weight is 548 g/mol. The standard InChI is InChI=1S/C33H30FN5O2/c1-2-19-41-32-25(15-10-13-23-11-4-3-5-12-23)20-26(27-16-7-8-17-28(27)33-36-38-39-37-33)21-30(32)35-31(40)22-24-14-6-9-18-29(24)34/h3-14,16-18,20-21H,2,15,19,22H2,1H3,(H,35,40)(H,36,37,38,39)/b13-10+. The fourth-order valence-corrected chi connectivity index (χ4v) is 4.56. The van der Waals surface area contributed by atoms with Crippen LogP contribution in [0.25, 0.3) is 28.6 Å². The van der Waals surface area contributed by atoms with E-state index in [9.17, 15) is 9.18 Å². The Labute approximate surface area is 238 Å². The smallest absolute Gasteiger partial charge is 0.229 e. The number of carbonyl (C=O) groups excluding carboxylic acids is 1. The first-order valence-corrected chi connectivity index (χ1v) is 13.5. The van der Waals surface area contributed by atoms with E-state index in [1.807, 2.05) is 67.6 Å². The van der Waals surface area contributed by atoms with Gasteiger partial charge in [0, 0.05) is 11.1 Å². The van der Waals surface area contributed by atoms with Crippen molar-refractivity contribution in [2.75, 3.05) is 11.9 Å². The van der Waals surface area contributed by atoms with Gasteiger partial charge in [-0.3, -0.25) is 4.79 Å². The topological polar surface area (TPSA) is 92.8 Å². The lowest BCUT2D eigenvalue weighted by molar-refractivity contribution is -0.115. The number of hydrogen-bond acceptors (Lipinski definition) is 5. The summed E-state index contributed by atoms with van der Waals surface area (Å²) >= 11 is 0. The number of tetrazole rings is 1. The molecule has 5 aromatic rings. The van der Waals surface area contributed by atoms with Gasteiger partial charge in [-0.15, -0.1) is 10.2 Å². The van der Waals surface area contributed by atoms with Gasteiger partial charge in [-0.25, -0.2) is 4.39 Å². The zero-order valence-electron chi connectivity index (χ0n) is 22.7. The Hall–Kier alpha value is -5.11. The van der Waals surface area contributed by atoms with E-state index in [0.29, 0.717) is 35.9 Å². The SMILES string of the molecule is CCCOc1c(C/C=C/c2ccccc2)cc(-c2ccccc2-c2nn[nH]n2)cc1NC(=O)Cc1ccccc1F. The van der Waals surface area contributed by atoms with Crippen LogP contribution < -0.4 is 10.1 Å². The molecule has 0 saturated carbocycles. The molecule has 1 heterocycles. The Morgan fingerprint density at radius 3 is 2.46 bits per heavy atom. The molecule has 2 N–H and O–H groups in total. The van der Waals surface area contributed by atoms with Crippen LogP contribution in [0.1, 0.15) is 30.0 Å². The summed E-state index contributed by atoms with van der Waals surface area (Å²) < 4.78 is 20.5. The number of benzene rings is 4. The molecule has 206 valence electrons. The number of aromatic nitrogens is 4. The molecule has 5 rings (SSSR count). The van der Waals surface area contributed by atoms with Gasteiger partial charge in [0.25, 0.3) is 0 Å². The van der Waals surface area contributed by atoms with Crippen LogP contribution in [0, 0.1) is 5.82 Å². The van der Waals surface area contributed by atoms with Crippen LogP contribution in [-0.2, 0) is 17.6 Å². The maximum absolute atomic E-state index is 14.3. The largest absolute Gasteiger partial charge is 0.491 e. The van der Waals surface area contributed by atoms with Crippen molar-refractivity contribution < 1.29 is 13.9 Å². The fraction of sp³-hybridized carbons (Fsp3) is 0.152. The number of aromatic amines is 1. The molecule has 0 aliphatic heterocycles. The first-order chi connectivity index (χ1) is 20.1. The molecule has 0 bridgehead atoms. The van der Waals surface area contributed by atoms with Crippen LogP contribution in [0.2, 0.25) is 0 Å². The molecule has 4 aromatic carbocycles. The minimum Gasteiger partial charge on any atom is -0.491 e. The second-order valence-corrected chi connectivity index (χ2v) is 9.48. The third kappa shape index (κ3) is 6.91. The molecule has 41 heavy (non-hydrogen) atoms. The predicted molar refractivity (Wildman–Crippen MR) is 159 cm³/mol. The second-order valence-electron chi connectivity index (χ2n) is 9.48. The van der Waals surface area contributed by atoms with Gasteiger partial charge < -0.3 is 10.1 Å². The zero-order valence-corrected chi connectivity index (χ0v) is 22.7. The van der Waals surface area contributed by atoms with Gasteiger partial charge in [0.15, 0.2) is 0 Å². The minimum atomic E-state index is -0.417. The highest BCUT2D eigenvalue weighted by molar-refractivity contribution is 5.95. The number of anilines is 1. The number of nitrogens with one attached hydrogen (secondary N) is 2. The lowest BCUT2D eigenvalue weighted by Gasteiger charge is -2.19. The van der Waals surface area contributed by atoms with Crippen LogP contribution in [-0.4, -0.2) is 33.1 Å². The van der Waals surface area contributed by atoms with Gasteiger partial charge in [-0.2, -0.15) is 5.21 Å². The molecule has 0 aliphatic rings. The zero-order chi connectivity index (χ0) is 28.4. The van der Waals surface area contributed by atoms with Crippen molar-refractivity contribution in [1.82, 2.24) is 20.6 Å². The molecule has 0 fully saturated rings. The number of amides is 1. The minimum absolute atomic E-state index is 0.104. The van der Waals surface area contributed by atoms with Crippen molar-refractivity contribution in [2.24, 2.45) is 0 Å². The average Bonchev–Trinajstić information content (AvgIpc) is 3.53. The van der Waals surface area contributed by atoms with Gasteiger partial charge in [0.2, 0.25) is 11.7 Å². The molecule has 0 spiro atoms. The number of H-pyrrole nitrogens is 1. The fourth-order valence-electron chi connectivity index (χ4n) is 4.56. The number of halogens is 1. The van der Waals surface area contributed by atoms with Crippen molar-refractivity contribution in [2.45, 2.75) is 26.2 Å². The maximum atomic E-state index is 14.3. The van der Waals surface area contributed by atoms with Crippen LogP contribution in [0.5, 0.6) is 5.75 Å². The van der Waals surface area contributed by atoms with Crippen molar-refractivity contribution >= 4 is 17.7 Å². The summed E-state index contributed by atoms with van der Waals surface area (Å²) in [5.41, 5.74) is 5.33. The molecular formula is C33H30FN5O2. The second kappa shape index (κ2) is 13.3. The highest BCUT2D eigenvalue weighted by Gasteiger charge is 2.19. The summed E-state index contributed by atoms with van der Waals surface area (Å²) in [5, 5.41) is 17.6. The number of hydrogen-bond donors (Lipinski definition) is 2. The number of nitrogens with zero attached hydrogens (tertiary/aromatic N) is 3. The highest BCUT2D eigenvalue weighted by atomic mass is 19.1. The summed E-state index contributed by atoms with van der Waals surface area (Å²) in [6, 6.07) is 28.0. The van der Waals surface area contributed by atoms with Crippen LogP contribution in [0.15, 0.2) is 97.1 Å². The third-order valence-corrected chi connectivity index (χ3v) is 6.47. The highest BCUT2D eigenvalue weighted by Crippen LogP contribution is 2.38. The van der Waals surface area contributed by atoms with E-state index in [1.165, 1.54) is 6.07 Å². The summed E-state index contributed by atoms with van der Waals surface area (Å²) in [5.74, 6) is 0.292. The van der Waals surface area contributed by atoms with Gasteiger partial charge in [0.05, 0.1) is 18.7 Å². The molecule has 8 heteroatoms. The lowest BCUT2D eigenvalue weighted by atomic mass is 9.95. The van der Waals surface area contributed by atoms with Crippen molar-refractivity contribution in [3.8, 4) is 28.3 Å². The van der Waals surface area contributed by atoms with Gasteiger partial charge in [-0.1, -0.05) is 91.9 Å². The molecule has 0 unspecified atom stereocenters. The molecule has 1 amide bonds. The molecule has 0 saturated heterocycles. The Morgan fingerprint density at radius 2 is 1.71 bits per heavy atom. The number of carbonyl (C=O) groups is 1. The summed E-state index contributed by atoms with van der Waals surface area (Å²) in [6.45, 7) is 2.51. The van der Waals surface area contributed by atoms with Gasteiger partial charge in [0.1, 0.15) is 11.6 Å². The van der Waals surface area contributed by atoms with E-state index in [0.717, 1.165) is 34.2 Å². The van der Waals surface area contributed by atoms with E-state index in [1.54, 1.807) is 18.2 Å². The third-order valence-electron chi connectivity index (χ3n) is 6.47. The monoisotopic (exact) mass is 547 g/mol. The van der Waals surface area contributed by atoms with Crippen molar-refractivity contribution in [1.29, 1.82) is 0 Å². The summed E-state index contributed by atoms with van der Waals surface area (Å²) in [4.78, 5) is 13.2. The quantitative estimate of drug-likeness (QED) is 0.188. The number of ether oxygens (including phenoxy) is 1. The van der Waals surface area contributed by atoms with Crippen LogP contribution in [0.3, 0.4) is 0 Å². The van der Waals surface area contributed by atoms with E-state index < -0.39 is 5.82 Å². The van der Waals surface area contributed by atoms with E-state index in [4.69, 9.17) is 4.74 Å². The van der Waals surface area contributed by atoms with Gasteiger partial charge in [-0.05, 0) is 58.5 Å². The van der Waals surface area contributed by atoms with Crippen LogP contribution >= 0.6 is 0 Å². The first kappa shape index (κ1) is 27.5. The Balaban J connectivity index is 1.57. The predicted octanol–water partition coefficient (Wildman–Crippen LogP) is 6.90. The Bertz CT molecular complexity index is 1640. The molecule has 7 nitrogen and oxygen atoms in total. The van der Waals surface area contributed by atoms with Crippen molar-refractivity contribution in [3.05, 3.63) is 120 Å². The Morgan fingerprint density at radius 1 is 0.951 bits per heavy atom. The maximum Gasteiger partial charge on any atom is 0.229 e. The molecule has 0 aliphatic carbocycles. The van der Waals surface area contributed by atoms with Gasteiger partial charge >= 0.3 is 0 Å². The van der Waals surface area contributed by atoms with E-state index in [-0.39, 0.29) is 12.3 Å². The summed E-state index contributed by atoms with van der Waals surface area (Å²) in [6.07, 6.45) is 5.38. The number of allylic oxidation sites excluding steroid dienone is 1. The molecular weight excluding hydrogens is 517 g/mol. The first-order valence-electron chi connectivity index (χ1n) is 13.5. The Kier molecular flexibility index (Phi) is 8.91. The van der Waals surface area contributed by atoms with E-state index >= 15 is 0 Å². The van der Waals surface area contributed by atoms with Crippen molar-refractivity contribution in [3.63, 3.8) is 0 Å². The molecule has 1 aromatic heterocycles.